The molecule has 0 aliphatic carbocycles. The van der Waals surface area contributed by atoms with Crippen molar-refractivity contribution < 1.29 is 13.3 Å². The summed E-state index contributed by atoms with van der Waals surface area (Å²) in [5.41, 5.74) is 7.26. The molecule has 198 valence electrons. The maximum Gasteiger partial charge on any atom is 0.145 e. The van der Waals surface area contributed by atoms with Crippen LogP contribution in [0.1, 0.15) is 0 Å². The molecule has 4 heterocycles. The Bertz CT molecular complexity index is 2330. The molecule has 0 spiro atoms. The first-order valence-electron chi connectivity index (χ1n) is 13.9. The zero-order chi connectivity index (χ0) is 27.6. The van der Waals surface area contributed by atoms with Crippen molar-refractivity contribution >= 4 is 55.0 Å². The fourth-order valence-corrected chi connectivity index (χ4v) is 6.75. The van der Waals surface area contributed by atoms with E-state index in [9.17, 15) is 0 Å². The van der Waals surface area contributed by atoms with Crippen molar-refractivity contribution in [3.05, 3.63) is 134 Å². The number of hydrogen-bond donors (Lipinski definition) is 0. The van der Waals surface area contributed by atoms with Gasteiger partial charge in [0.1, 0.15) is 28.3 Å². The van der Waals surface area contributed by atoms with Gasteiger partial charge in [0.25, 0.3) is 0 Å². The highest BCUT2D eigenvalue weighted by Gasteiger charge is 2.13. The smallest absolute Gasteiger partial charge is 0.145 e. The first kappa shape index (κ1) is 23.4. The molecule has 0 aliphatic heterocycles. The van der Waals surface area contributed by atoms with E-state index in [0.29, 0.717) is 0 Å². The fourth-order valence-electron chi connectivity index (χ4n) is 5.79. The minimum Gasteiger partial charge on any atom is -0.464 e. The van der Waals surface area contributed by atoms with E-state index in [1.165, 1.54) is 10.4 Å². The van der Waals surface area contributed by atoms with Gasteiger partial charge in [-0.3, -0.25) is 0 Å². The first-order valence-corrected chi connectivity index (χ1v) is 14.7. The van der Waals surface area contributed by atoms with Crippen LogP contribution >= 0.6 is 11.3 Å². The van der Waals surface area contributed by atoms with Crippen molar-refractivity contribution in [3.8, 4) is 43.5 Å². The molecule has 0 saturated heterocycles. The summed E-state index contributed by atoms with van der Waals surface area (Å²) in [6, 6.07) is 44.5. The molecule has 4 heteroatoms. The average molecular weight is 559 g/mol. The summed E-state index contributed by atoms with van der Waals surface area (Å²) < 4.78 is 18.2. The van der Waals surface area contributed by atoms with E-state index in [0.717, 1.165) is 76.8 Å². The van der Waals surface area contributed by atoms with Gasteiger partial charge in [0.05, 0.1) is 11.1 Å². The normalized spacial score (nSPS) is 11.8. The van der Waals surface area contributed by atoms with Crippen LogP contribution in [-0.2, 0) is 0 Å². The van der Waals surface area contributed by atoms with Gasteiger partial charge in [-0.05, 0) is 94.2 Å². The predicted molar refractivity (Wildman–Crippen MR) is 173 cm³/mol. The lowest BCUT2D eigenvalue weighted by Gasteiger charge is -2.03. The van der Waals surface area contributed by atoms with Crippen LogP contribution in [0.2, 0.25) is 0 Å². The van der Waals surface area contributed by atoms with E-state index in [2.05, 4.69) is 109 Å². The monoisotopic (exact) mass is 558 g/mol. The molecule has 5 aromatic carbocycles. The van der Waals surface area contributed by atoms with Gasteiger partial charge in [0, 0.05) is 26.6 Å². The summed E-state index contributed by atoms with van der Waals surface area (Å²) in [7, 11) is 0. The largest absolute Gasteiger partial charge is 0.464 e. The Hall–Kier alpha value is -5.32. The summed E-state index contributed by atoms with van der Waals surface area (Å²) in [6.45, 7) is 0. The first-order chi connectivity index (χ1) is 20.7. The lowest BCUT2D eigenvalue weighted by molar-refractivity contribution is 0.616. The minimum atomic E-state index is 0.857. The van der Waals surface area contributed by atoms with Crippen LogP contribution in [0.3, 0.4) is 0 Å². The Balaban J connectivity index is 1.04. The van der Waals surface area contributed by atoms with E-state index in [-0.39, 0.29) is 0 Å². The third kappa shape index (κ3) is 3.88. The fraction of sp³-hybridized carbons (Fsp3) is 0. The SMILES string of the molecule is c1ccc(-c2ccc(-c3cc4cc5cc6oc(-c7ccc(-c8ccc9occc9c8)cc7)cc6cc5cc4o3)s2)cc1. The van der Waals surface area contributed by atoms with Crippen LogP contribution in [0.15, 0.2) is 147 Å². The van der Waals surface area contributed by atoms with Crippen LogP contribution in [-0.4, -0.2) is 0 Å². The van der Waals surface area contributed by atoms with E-state index < -0.39 is 0 Å². The van der Waals surface area contributed by atoms with Crippen molar-refractivity contribution in [2.75, 3.05) is 0 Å². The van der Waals surface area contributed by atoms with Gasteiger partial charge in [0.2, 0.25) is 0 Å². The maximum atomic E-state index is 6.35. The molecule has 0 saturated carbocycles. The predicted octanol–water partition coefficient (Wildman–Crippen LogP) is 11.8. The molecule has 0 fully saturated rings. The lowest BCUT2D eigenvalue weighted by atomic mass is 10.0. The third-order valence-electron chi connectivity index (χ3n) is 7.97. The number of benzene rings is 5. The van der Waals surface area contributed by atoms with Gasteiger partial charge < -0.3 is 13.3 Å². The van der Waals surface area contributed by atoms with E-state index in [1.807, 2.05) is 18.2 Å². The van der Waals surface area contributed by atoms with Gasteiger partial charge >= 0.3 is 0 Å². The Kier molecular flexibility index (Phi) is 5.07. The molecule has 9 rings (SSSR count). The second kappa shape index (κ2) is 9.10. The highest BCUT2D eigenvalue weighted by molar-refractivity contribution is 7.18. The summed E-state index contributed by atoms with van der Waals surface area (Å²) in [6.07, 6.45) is 1.73. The molecule has 0 atom stereocenters. The summed E-state index contributed by atoms with van der Waals surface area (Å²) in [4.78, 5) is 2.36. The molecule has 0 bridgehead atoms. The molecule has 0 aliphatic rings. The van der Waals surface area contributed by atoms with Gasteiger partial charge in [-0.25, -0.2) is 0 Å². The van der Waals surface area contributed by atoms with Crippen molar-refractivity contribution in [3.63, 3.8) is 0 Å². The maximum absolute atomic E-state index is 6.35. The second-order valence-electron chi connectivity index (χ2n) is 10.6. The molecule has 9 aromatic rings. The number of furan rings is 3. The molecular formula is C38H22O3S. The van der Waals surface area contributed by atoms with Gasteiger partial charge in [-0.15, -0.1) is 11.3 Å². The average Bonchev–Trinajstić information content (AvgIpc) is 3.84. The molecule has 0 N–H and O–H groups in total. The highest BCUT2D eigenvalue weighted by Crippen LogP contribution is 2.39. The Morgan fingerprint density at radius 1 is 0.381 bits per heavy atom. The molecule has 42 heavy (non-hydrogen) atoms. The van der Waals surface area contributed by atoms with Crippen LogP contribution in [0.5, 0.6) is 0 Å². The topological polar surface area (TPSA) is 39.4 Å². The van der Waals surface area contributed by atoms with Crippen LogP contribution in [0.4, 0.5) is 0 Å². The Labute approximate surface area is 244 Å². The molecule has 0 amide bonds. The van der Waals surface area contributed by atoms with E-state index >= 15 is 0 Å². The number of hydrogen-bond acceptors (Lipinski definition) is 4. The standard InChI is InChI=1S/C38H22O3S/c1-2-4-25(5-3-1)37-12-13-38(42-37)36-22-31-18-29-19-34-30(17-28(29)20-35(31)41-36)21-33(40-34)24-8-6-23(7-9-24)26-10-11-32-27(16-26)14-15-39-32/h1-22H. The molecule has 4 aromatic heterocycles. The Morgan fingerprint density at radius 2 is 1.05 bits per heavy atom. The third-order valence-corrected chi connectivity index (χ3v) is 9.12. The number of thiophene rings is 1. The van der Waals surface area contributed by atoms with Crippen LogP contribution in [0.25, 0.3) is 87.2 Å². The van der Waals surface area contributed by atoms with Crippen molar-refractivity contribution in [2.24, 2.45) is 0 Å². The zero-order valence-electron chi connectivity index (χ0n) is 22.3. The summed E-state index contributed by atoms with van der Waals surface area (Å²) in [5, 5.41) is 5.52. The molecular weight excluding hydrogens is 536 g/mol. The molecule has 3 nitrogen and oxygen atoms in total. The van der Waals surface area contributed by atoms with E-state index in [1.54, 1.807) is 17.6 Å². The Morgan fingerprint density at radius 3 is 1.83 bits per heavy atom. The summed E-state index contributed by atoms with van der Waals surface area (Å²) >= 11 is 1.75. The molecule has 0 unspecified atom stereocenters. The van der Waals surface area contributed by atoms with Gasteiger partial charge in [-0.2, -0.15) is 0 Å². The quantitative estimate of drug-likeness (QED) is 0.216. The number of fused-ring (bicyclic) bond motifs is 4. The summed E-state index contributed by atoms with van der Waals surface area (Å²) in [5.74, 6) is 1.75. The van der Waals surface area contributed by atoms with Gasteiger partial charge in [-0.1, -0.05) is 60.7 Å². The van der Waals surface area contributed by atoms with E-state index in [4.69, 9.17) is 13.3 Å². The van der Waals surface area contributed by atoms with Crippen molar-refractivity contribution in [1.29, 1.82) is 0 Å². The van der Waals surface area contributed by atoms with Crippen LogP contribution < -0.4 is 0 Å². The molecule has 0 radical (unpaired) electrons. The number of rotatable bonds is 4. The van der Waals surface area contributed by atoms with Gasteiger partial charge in [0.15, 0.2) is 0 Å². The highest BCUT2D eigenvalue weighted by atomic mass is 32.1. The minimum absolute atomic E-state index is 0.857. The zero-order valence-corrected chi connectivity index (χ0v) is 23.2. The van der Waals surface area contributed by atoms with Crippen LogP contribution in [0, 0.1) is 0 Å². The second-order valence-corrected chi connectivity index (χ2v) is 11.7. The van der Waals surface area contributed by atoms with Crippen molar-refractivity contribution in [1.82, 2.24) is 0 Å². The lowest BCUT2D eigenvalue weighted by Crippen LogP contribution is -1.79. The van der Waals surface area contributed by atoms with Crippen molar-refractivity contribution in [2.45, 2.75) is 0 Å².